The molecule has 0 aliphatic carbocycles. The fourth-order valence-electron chi connectivity index (χ4n) is 3.64. The highest BCUT2D eigenvalue weighted by Gasteiger charge is 2.16. The highest BCUT2D eigenvalue weighted by molar-refractivity contribution is 5.60. The number of ether oxygens (including phenoxy) is 2. The normalized spacial score (nSPS) is 12.8. The molecule has 0 bridgehead atoms. The Bertz CT molecular complexity index is 1280. The van der Waals surface area contributed by atoms with Gasteiger partial charge in [0.2, 0.25) is 5.88 Å². The summed E-state index contributed by atoms with van der Waals surface area (Å²) in [5, 5.41) is 0. The molecular formula is C28H25N3O2. The SMILES string of the molecule is Cc1ccc(N2C=CN(c3cccc(Oc4cccc(Oc5cc(C)ccn5)c4)c3)C2)cc1. The Kier molecular flexibility index (Phi) is 5.68. The zero-order valence-corrected chi connectivity index (χ0v) is 18.7. The number of rotatable bonds is 6. The first kappa shape index (κ1) is 20.6. The second-order valence-electron chi connectivity index (χ2n) is 8.06. The molecule has 5 heteroatoms. The number of anilines is 2. The molecule has 0 fully saturated rings. The average molecular weight is 436 g/mol. The minimum absolute atomic E-state index is 0.563. The van der Waals surface area contributed by atoms with Gasteiger partial charge < -0.3 is 19.3 Å². The first-order chi connectivity index (χ1) is 16.1. The molecule has 1 aliphatic heterocycles. The monoisotopic (exact) mass is 435 g/mol. The van der Waals surface area contributed by atoms with Crippen LogP contribution in [-0.2, 0) is 0 Å². The van der Waals surface area contributed by atoms with Crippen molar-refractivity contribution in [1.82, 2.24) is 4.98 Å². The molecular weight excluding hydrogens is 410 g/mol. The van der Waals surface area contributed by atoms with Crippen molar-refractivity contribution in [2.45, 2.75) is 13.8 Å². The summed E-state index contributed by atoms with van der Waals surface area (Å²) in [4.78, 5) is 8.66. The molecule has 33 heavy (non-hydrogen) atoms. The molecule has 3 aromatic carbocycles. The third-order valence-electron chi connectivity index (χ3n) is 5.40. The van der Waals surface area contributed by atoms with Crippen molar-refractivity contribution >= 4 is 11.4 Å². The van der Waals surface area contributed by atoms with Gasteiger partial charge in [0.15, 0.2) is 0 Å². The van der Waals surface area contributed by atoms with Crippen LogP contribution in [0.4, 0.5) is 11.4 Å². The van der Waals surface area contributed by atoms with E-state index in [0.717, 1.165) is 23.7 Å². The Hall–Kier alpha value is -4.25. The minimum atomic E-state index is 0.563. The number of hydrogen-bond donors (Lipinski definition) is 0. The maximum absolute atomic E-state index is 6.14. The van der Waals surface area contributed by atoms with Gasteiger partial charge in [0.1, 0.15) is 17.2 Å². The first-order valence-electron chi connectivity index (χ1n) is 10.9. The number of aromatic nitrogens is 1. The van der Waals surface area contributed by atoms with E-state index in [4.69, 9.17) is 9.47 Å². The van der Waals surface area contributed by atoms with Gasteiger partial charge in [-0.25, -0.2) is 4.98 Å². The molecule has 1 aliphatic rings. The van der Waals surface area contributed by atoms with Crippen LogP contribution in [0.25, 0.3) is 0 Å². The lowest BCUT2D eigenvalue weighted by Crippen LogP contribution is -2.24. The number of benzene rings is 3. The van der Waals surface area contributed by atoms with Crippen LogP contribution in [0.15, 0.2) is 104 Å². The van der Waals surface area contributed by atoms with Crippen LogP contribution < -0.4 is 19.3 Å². The lowest BCUT2D eigenvalue weighted by Gasteiger charge is -2.22. The molecule has 164 valence electrons. The molecule has 0 saturated heterocycles. The van der Waals surface area contributed by atoms with E-state index < -0.39 is 0 Å². The summed E-state index contributed by atoms with van der Waals surface area (Å²) in [7, 11) is 0. The van der Waals surface area contributed by atoms with Gasteiger partial charge in [-0.05, 0) is 61.9 Å². The quantitative estimate of drug-likeness (QED) is 0.325. The van der Waals surface area contributed by atoms with E-state index in [9.17, 15) is 0 Å². The van der Waals surface area contributed by atoms with E-state index in [1.54, 1.807) is 6.20 Å². The zero-order valence-electron chi connectivity index (χ0n) is 18.7. The van der Waals surface area contributed by atoms with Crippen molar-refractivity contribution in [3.05, 3.63) is 115 Å². The largest absolute Gasteiger partial charge is 0.457 e. The van der Waals surface area contributed by atoms with Crippen LogP contribution in [0, 0.1) is 13.8 Å². The lowest BCUT2D eigenvalue weighted by molar-refractivity contribution is 0.449. The Morgan fingerprint density at radius 3 is 2.06 bits per heavy atom. The highest BCUT2D eigenvalue weighted by Crippen LogP contribution is 2.31. The summed E-state index contributed by atoms with van der Waals surface area (Å²) in [6.07, 6.45) is 5.92. The van der Waals surface area contributed by atoms with Gasteiger partial charge in [-0.3, -0.25) is 0 Å². The molecule has 4 aromatic rings. The smallest absolute Gasteiger partial charge is 0.219 e. The van der Waals surface area contributed by atoms with Gasteiger partial charge in [0.25, 0.3) is 0 Å². The number of hydrogen-bond acceptors (Lipinski definition) is 5. The van der Waals surface area contributed by atoms with E-state index in [-0.39, 0.29) is 0 Å². The summed E-state index contributed by atoms with van der Waals surface area (Å²) in [6.45, 7) is 4.86. The fraction of sp³-hybridized carbons (Fsp3) is 0.107. The zero-order chi connectivity index (χ0) is 22.6. The van der Waals surface area contributed by atoms with Crippen molar-refractivity contribution in [2.75, 3.05) is 16.5 Å². The third-order valence-corrected chi connectivity index (χ3v) is 5.40. The lowest BCUT2D eigenvalue weighted by atomic mass is 10.2. The van der Waals surface area contributed by atoms with E-state index in [0.29, 0.717) is 17.4 Å². The van der Waals surface area contributed by atoms with Crippen molar-refractivity contribution < 1.29 is 9.47 Å². The summed E-state index contributed by atoms with van der Waals surface area (Å²) < 4.78 is 12.0. The molecule has 5 nitrogen and oxygen atoms in total. The number of nitrogens with zero attached hydrogens (tertiary/aromatic N) is 3. The van der Waals surface area contributed by atoms with Crippen molar-refractivity contribution in [2.24, 2.45) is 0 Å². The molecule has 0 spiro atoms. The second kappa shape index (κ2) is 9.09. The van der Waals surface area contributed by atoms with E-state index >= 15 is 0 Å². The molecule has 0 atom stereocenters. The molecule has 0 radical (unpaired) electrons. The first-order valence-corrected chi connectivity index (χ1v) is 10.9. The molecule has 2 heterocycles. The number of pyridine rings is 1. The van der Waals surface area contributed by atoms with Gasteiger partial charge in [0, 0.05) is 48.2 Å². The average Bonchev–Trinajstić information content (AvgIpc) is 3.30. The molecule has 1 aromatic heterocycles. The Labute approximate surface area is 194 Å². The molecule has 5 rings (SSSR count). The molecule has 0 unspecified atom stereocenters. The van der Waals surface area contributed by atoms with Gasteiger partial charge >= 0.3 is 0 Å². The van der Waals surface area contributed by atoms with Crippen LogP contribution >= 0.6 is 0 Å². The van der Waals surface area contributed by atoms with Crippen molar-refractivity contribution in [1.29, 1.82) is 0 Å². The molecule has 0 amide bonds. The van der Waals surface area contributed by atoms with Crippen molar-refractivity contribution in [3.63, 3.8) is 0 Å². The Balaban J connectivity index is 1.27. The second-order valence-corrected chi connectivity index (χ2v) is 8.06. The predicted molar refractivity (Wildman–Crippen MR) is 132 cm³/mol. The maximum atomic E-state index is 6.14. The topological polar surface area (TPSA) is 37.8 Å². The number of aryl methyl sites for hydroxylation is 2. The third kappa shape index (κ3) is 4.99. The van der Waals surface area contributed by atoms with Crippen LogP contribution in [0.5, 0.6) is 23.1 Å². The molecule has 0 N–H and O–H groups in total. The summed E-state index contributed by atoms with van der Waals surface area (Å²) >= 11 is 0. The Morgan fingerprint density at radius 1 is 0.636 bits per heavy atom. The van der Waals surface area contributed by atoms with Gasteiger partial charge in [0.05, 0.1) is 6.67 Å². The minimum Gasteiger partial charge on any atom is -0.457 e. The van der Waals surface area contributed by atoms with E-state index in [1.807, 2.05) is 61.5 Å². The van der Waals surface area contributed by atoms with E-state index in [2.05, 4.69) is 64.4 Å². The predicted octanol–water partition coefficient (Wildman–Crippen LogP) is 7.04. The maximum Gasteiger partial charge on any atom is 0.219 e. The summed E-state index contributed by atoms with van der Waals surface area (Å²) in [5.41, 5.74) is 4.59. The van der Waals surface area contributed by atoms with Gasteiger partial charge in [-0.1, -0.05) is 29.8 Å². The van der Waals surface area contributed by atoms with Gasteiger partial charge in [-0.15, -0.1) is 0 Å². The standard InChI is InChI=1S/C28H25N3O2/c1-21-9-11-23(12-10-21)30-15-16-31(20-30)24-5-3-6-25(18-24)32-26-7-4-8-27(19-26)33-28-17-22(2)13-14-29-28/h3-19H,20H2,1-2H3. The summed E-state index contributed by atoms with van der Waals surface area (Å²) in [6, 6.07) is 28.1. The van der Waals surface area contributed by atoms with Crippen LogP contribution in [-0.4, -0.2) is 11.7 Å². The van der Waals surface area contributed by atoms with Crippen molar-refractivity contribution in [3.8, 4) is 23.1 Å². The highest BCUT2D eigenvalue weighted by atomic mass is 16.5. The van der Waals surface area contributed by atoms with Crippen LogP contribution in [0.3, 0.4) is 0 Å². The van der Waals surface area contributed by atoms with Gasteiger partial charge in [-0.2, -0.15) is 0 Å². The van der Waals surface area contributed by atoms with E-state index in [1.165, 1.54) is 11.3 Å². The Morgan fingerprint density at radius 2 is 1.30 bits per heavy atom. The fourth-order valence-corrected chi connectivity index (χ4v) is 3.64. The summed E-state index contributed by atoms with van der Waals surface area (Å²) in [5.74, 6) is 2.71. The van der Waals surface area contributed by atoms with Crippen LogP contribution in [0.1, 0.15) is 11.1 Å². The molecule has 0 saturated carbocycles. The van der Waals surface area contributed by atoms with Crippen LogP contribution in [0.2, 0.25) is 0 Å².